The molecule has 1 atom stereocenters. The number of hydrazine groups is 1. The number of hydrogen-bond acceptors (Lipinski definition) is 2. The summed E-state index contributed by atoms with van der Waals surface area (Å²) in [5.74, 6) is 0.179. The van der Waals surface area contributed by atoms with E-state index in [-0.39, 0.29) is 11.9 Å². The minimum absolute atomic E-state index is 0.179. The van der Waals surface area contributed by atoms with E-state index >= 15 is 0 Å². The smallest absolute Gasteiger partial charge is 0.270 e. The number of para-hydroxylation sites is 1. The number of aromatic nitrogens is 1. The molecule has 3 aromatic rings. The molecule has 3 heterocycles. The van der Waals surface area contributed by atoms with Crippen LogP contribution < -0.4 is 0 Å². The summed E-state index contributed by atoms with van der Waals surface area (Å²) in [6, 6.07) is 19.2. The first-order valence-corrected chi connectivity index (χ1v) is 10.5. The molecule has 1 fully saturated rings. The van der Waals surface area contributed by atoms with Crippen LogP contribution in [-0.4, -0.2) is 40.1 Å². The summed E-state index contributed by atoms with van der Waals surface area (Å²) in [6.45, 7) is 5.02. The normalized spacial score (nSPS) is 19.0. The monoisotopic (exact) mass is 373 g/mol. The van der Waals surface area contributed by atoms with Gasteiger partial charge in [-0.05, 0) is 31.4 Å². The summed E-state index contributed by atoms with van der Waals surface area (Å²) in [5.41, 5.74) is 4.54. The summed E-state index contributed by atoms with van der Waals surface area (Å²) in [7, 11) is 0. The van der Waals surface area contributed by atoms with Crippen LogP contribution in [-0.2, 0) is 6.42 Å². The molecule has 0 aliphatic carbocycles. The topological polar surface area (TPSA) is 28.5 Å². The molecular formula is C24H27N3O. The lowest BCUT2D eigenvalue weighted by Gasteiger charge is -2.39. The fraction of sp³-hybridized carbons (Fsp3) is 0.375. The quantitative estimate of drug-likeness (QED) is 0.669. The van der Waals surface area contributed by atoms with Gasteiger partial charge in [-0.25, -0.2) is 5.01 Å². The lowest BCUT2D eigenvalue weighted by molar-refractivity contribution is -0.0236. The van der Waals surface area contributed by atoms with Crippen molar-refractivity contribution in [2.24, 2.45) is 0 Å². The molecular weight excluding hydrogens is 346 g/mol. The van der Waals surface area contributed by atoms with Crippen LogP contribution in [0.5, 0.6) is 0 Å². The molecule has 1 saturated heterocycles. The zero-order valence-corrected chi connectivity index (χ0v) is 16.5. The summed E-state index contributed by atoms with van der Waals surface area (Å²) in [4.78, 5) is 13.6. The molecule has 2 aromatic carbocycles. The Bertz CT molecular complexity index is 1000. The molecule has 0 bridgehead atoms. The number of amides is 1. The van der Waals surface area contributed by atoms with E-state index in [1.807, 2.05) is 11.1 Å². The van der Waals surface area contributed by atoms with Crippen LogP contribution in [0.15, 0.2) is 54.6 Å². The predicted octanol–water partition coefficient (Wildman–Crippen LogP) is 4.65. The Morgan fingerprint density at radius 3 is 2.36 bits per heavy atom. The van der Waals surface area contributed by atoms with Gasteiger partial charge in [-0.15, -0.1) is 0 Å². The molecule has 0 N–H and O–H groups in total. The van der Waals surface area contributed by atoms with Crippen molar-refractivity contribution >= 4 is 16.8 Å². The van der Waals surface area contributed by atoms with Gasteiger partial charge in [0.05, 0.1) is 11.6 Å². The van der Waals surface area contributed by atoms with Gasteiger partial charge < -0.3 is 4.57 Å². The van der Waals surface area contributed by atoms with Crippen LogP contribution in [0.3, 0.4) is 0 Å². The molecule has 0 spiro atoms. The van der Waals surface area contributed by atoms with Crippen LogP contribution in [0.2, 0.25) is 0 Å². The van der Waals surface area contributed by atoms with Crippen molar-refractivity contribution in [2.75, 3.05) is 19.6 Å². The van der Waals surface area contributed by atoms with Gasteiger partial charge in [0, 0.05) is 42.7 Å². The van der Waals surface area contributed by atoms with Gasteiger partial charge in [-0.1, -0.05) is 55.0 Å². The number of fused-ring (bicyclic) bond motifs is 3. The zero-order valence-electron chi connectivity index (χ0n) is 16.5. The number of carbonyl (C=O) groups is 1. The number of rotatable bonds is 3. The largest absolute Gasteiger partial charge is 0.336 e. The van der Waals surface area contributed by atoms with Crippen LogP contribution in [0.25, 0.3) is 10.9 Å². The number of carbonyl (C=O) groups excluding carboxylic acids is 1. The first-order valence-electron chi connectivity index (χ1n) is 10.5. The van der Waals surface area contributed by atoms with Crippen molar-refractivity contribution in [3.05, 3.63) is 71.4 Å². The van der Waals surface area contributed by atoms with Crippen molar-refractivity contribution < 1.29 is 4.79 Å². The van der Waals surface area contributed by atoms with Crippen molar-refractivity contribution in [3.63, 3.8) is 0 Å². The minimum Gasteiger partial charge on any atom is -0.336 e. The molecule has 4 nitrogen and oxygen atoms in total. The first kappa shape index (κ1) is 17.5. The van der Waals surface area contributed by atoms with E-state index in [0.717, 1.165) is 42.5 Å². The Kier molecular flexibility index (Phi) is 4.44. The lowest BCUT2D eigenvalue weighted by atomic mass is 10.0. The SMILES string of the molecule is CC(c1ccccc1)n1c2c(c3ccccc31)C(=O)N(N1CCCCC1)CC2. The van der Waals surface area contributed by atoms with Crippen LogP contribution >= 0.6 is 0 Å². The number of nitrogens with zero attached hydrogens (tertiary/aromatic N) is 3. The molecule has 2 aliphatic rings. The first-order chi connectivity index (χ1) is 13.8. The molecule has 1 unspecified atom stereocenters. The van der Waals surface area contributed by atoms with E-state index in [9.17, 15) is 4.79 Å². The molecule has 28 heavy (non-hydrogen) atoms. The van der Waals surface area contributed by atoms with Gasteiger partial charge in [-0.3, -0.25) is 9.80 Å². The standard InChI is InChI=1S/C24H27N3O/c1-18(19-10-4-2-5-11-19)27-21-13-7-6-12-20(21)23-22(27)14-17-26(24(23)28)25-15-8-3-9-16-25/h2,4-7,10-13,18H,3,8-9,14-17H2,1H3. The minimum atomic E-state index is 0.179. The lowest BCUT2D eigenvalue weighted by Crippen LogP contribution is -2.51. The van der Waals surface area contributed by atoms with Crippen LogP contribution in [0, 0.1) is 0 Å². The highest BCUT2D eigenvalue weighted by Gasteiger charge is 2.34. The highest BCUT2D eigenvalue weighted by Crippen LogP contribution is 2.36. The van der Waals surface area contributed by atoms with Gasteiger partial charge in [0.15, 0.2) is 0 Å². The Morgan fingerprint density at radius 2 is 1.57 bits per heavy atom. The highest BCUT2D eigenvalue weighted by molar-refractivity contribution is 6.09. The fourth-order valence-electron chi connectivity index (χ4n) is 4.95. The van der Waals surface area contributed by atoms with Crippen molar-refractivity contribution in [1.29, 1.82) is 0 Å². The summed E-state index contributed by atoms with van der Waals surface area (Å²) >= 11 is 0. The van der Waals surface area contributed by atoms with E-state index in [1.165, 1.54) is 30.5 Å². The second-order valence-corrected chi connectivity index (χ2v) is 7.99. The average Bonchev–Trinajstić information content (AvgIpc) is 3.10. The van der Waals surface area contributed by atoms with Crippen molar-refractivity contribution in [2.45, 2.75) is 38.6 Å². The maximum atomic E-state index is 13.6. The second kappa shape index (κ2) is 7.10. The number of benzene rings is 2. The van der Waals surface area contributed by atoms with Crippen molar-refractivity contribution in [1.82, 2.24) is 14.6 Å². The third-order valence-corrected chi connectivity index (χ3v) is 6.36. The fourth-order valence-corrected chi connectivity index (χ4v) is 4.95. The second-order valence-electron chi connectivity index (χ2n) is 7.99. The number of hydrogen-bond donors (Lipinski definition) is 0. The molecule has 1 amide bonds. The summed E-state index contributed by atoms with van der Waals surface area (Å²) in [6.07, 6.45) is 4.55. The Labute approximate surface area is 166 Å². The molecule has 4 heteroatoms. The highest BCUT2D eigenvalue weighted by atomic mass is 16.2. The van der Waals surface area contributed by atoms with E-state index in [4.69, 9.17) is 0 Å². The van der Waals surface area contributed by atoms with E-state index < -0.39 is 0 Å². The maximum Gasteiger partial charge on any atom is 0.270 e. The van der Waals surface area contributed by atoms with E-state index in [0.29, 0.717) is 0 Å². The predicted molar refractivity (Wildman–Crippen MR) is 112 cm³/mol. The van der Waals surface area contributed by atoms with Gasteiger partial charge in [0.2, 0.25) is 0 Å². The molecule has 1 aromatic heterocycles. The molecule has 2 aliphatic heterocycles. The van der Waals surface area contributed by atoms with Crippen LogP contribution in [0.4, 0.5) is 0 Å². The Morgan fingerprint density at radius 1 is 0.857 bits per heavy atom. The zero-order chi connectivity index (χ0) is 19.1. The van der Waals surface area contributed by atoms with Crippen LogP contribution in [0.1, 0.15) is 53.8 Å². The van der Waals surface area contributed by atoms with Crippen molar-refractivity contribution in [3.8, 4) is 0 Å². The number of piperidine rings is 1. The third-order valence-electron chi connectivity index (χ3n) is 6.36. The van der Waals surface area contributed by atoms with Gasteiger partial charge in [0.25, 0.3) is 5.91 Å². The Balaban J connectivity index is 1.62. The van der Waals surface area contributed by atoms with Gasteiger partial charge in [0.1, 0.15) is 0 Å². The van der Waals surface area contributed by atoms with E-state index in [2.05, 4.69) is 65.0 Å². The summed E-state index contributed by atoms with van der Waals surface area (Å²) in [5, 5.41) is 5.39. The third kappa shape index (κ3) is 2.75. The van der Waals surface area contributed by atoms with Gasteiger partial charge >= 0.3 is 0 Å². The van der Waals surface area contributed by atoms with Gasteiger partial charge in [-0.2, -0.15) is 0 Å². The molecule has 0 saturated carbocycles. The molecule has 5 rings (SSSR count). The molecule has 144 valence electrons. The maximum absolute atomic E-state index is 13.6. The molecule has 0 radical (unpaired) electrons. The average molecular weight is 374 g/mol. The van der Waals surface area contributed by atoms with E-state index in [1.54, 1.807) is 0 Å². The Hall–Kier alpha value is -2.59. The summed E-state index contributed by atoms with van der Waals surface area (Å²) < 4.78 is 2.39.